The number of rotatable bonds is 6. The molecule has 5 heteroatoms. The fourth-order valence-electron chi connectivity index (χ4n) is 2.68. The molecule has 0 radical (unpaired) electrons. The van der Waals surface area contributed by atoms with Crippen molar-refractivity contribution in [2.75, 3.05) is 7.05 Å². The van der Waals surface area contributed by atoms with Crippen LogP contribution in [0.3, 0.4) is 0 Å². The van der Waals surface area contributed by atoms with Crippen molar-refractivity contribution in [3.63, 3.8) is 0 Å². The van der Waals surface area contributed by atoms with E-state index in [0.717, 1.165) is 17.4 Å². The standard InChI is InChI=1S/C16H23BrN4/c1-4-15(18)16(13-6-5-7-14(17)8-13)20(2)10-12-9-19-21(3)11-12/h5-9,11,15-16H,4,10,18H2,1-3H3. The number of hydrogen-bond acceptors (Lipinski definition) is 3. The van der Waals surface area contributed by atoms with Gasteiger partial charge in [-0.2, -0.15) is 5.10 Å². The van der Waals surface area contributed by atoms with E-state index in [9.17, 15) is 0 Å². The Bertz CT molecular complexity index is 581. The van der Waals surface area contributed by atoms with Crippen molar-refractivity contribution in [1.29, 1.82) is 0 Å². The molecule has 2 aromatic rings. The molecule has 114 valence electrons. The second kappa shape index (κ2) is 7.20. The minimum atomic E-state index is 0.0981. The highest BCUT2D eigenvalue weighted by atomic mass is 79.9. The molecule has 0 saturated carbocycles. The molecule has 0 bridgehead atoms. The van der Waals surface area contributed by atoms with Crippen molar-refractivity contribution in [1.82, 2.24) is 14.7 Å². The molecule has 2 rings (SSSR count). The summed E-state index contributed by atoms with van der Waals surface area (Å²) >= 11 is 3.55. The lowest BCUT2D eigenvalue weighted by atomic mass is 9.96. The average Bonchev–Trinajstić information content (AvgIpc) is 2.84. The van der Waals surface area contributed by atoms with Crippen molar-refractivity contribution in [2.24, 2.45) is 12.8 Å². The zero-order valence-electron chi connectivity index (χ0n) is 12.8. The predicted molar refractivity (Wildman–Crippen MR) is 89.8 cm³/mol. The molecule has 0 aliphatic heterocycles. The summed E-state index contributed by atoms with van der Waals surface area (Å²) in [4.78, 5) is 2.30. The monoisotopic (exact) mass is 350 g/mol. The number of benzene rings is 1. The van der Waals surface area contributed by atoms with Gasteiger partial charge in [0.2, 0.25) is 0 Å². The summed E-state index contributed by atoms with van der Waals surface area (Å²) in [7, 11) is 4.06. The van der Waals surface area contributed by atoms with E-state index in [-0.39, 0.29) is 12.1 Å². The van der Waals surface area contributed by atoms with E-state index in [1.165, 1.54) is 11.1 Å². The van der Waals surface area contributed by atoms with Crippen molar-refractivity contribution in [3.05, 3.63) is 52.3 Å². The third-order valence-corrected chi connectivity index (χ3v) is 4.23. The Hall–Kier alpha value is -1.17. The van der Waals surface area contributed by atoms with Crippen LogP contribution in [0.2, 0.25) is 0 Å². The van der Waals surface area contributed by atoms with Gasteiger partial charge in [-0.1, -0.05) is 35.0 Å². The Morgan fingerprint density at radius 1 is 1.43 bits per heavy atom. The summed E-state index contributed by atoms with van der Waals surface area (Å²) in [5.74, 6) is 0. The third-order valence-electron chi connectivity index (χ3n) is 3.73. The first-order valence-electron chi connectivity index (χ1n) is 7.20. The molecule has 1 aromatic heterocycles. The predicted octanol–water partition coefficient (Wildman–Crippen LogP) is 3.09. The van der Waals surface area contributed by atoms with Crippen molar-refractivity contribution >= 4 is 15.9 Å². The van der Waals surface area contributed by atoms with Crippen LogP contribution in [-0.4, -0.2) is 27.8 Å². The van der Waals surface area contributed by atoms with Crippen LogP contribution < -0.4 is 5.73 Å². The first kappa shape index (κ1) is 16.2. The van der Waals surface area contributed by atoms with E-state index in [0.29, 0.717) is 0 Å². The van der Waals surface area contributed by atoms with Crippen LogP contribution in [-0.2, 0) is 13.6 Å². The molecule has 0 saturated heterocycles. The molecule has 0 spiro atoms. The van der Waals surface area contributed by atoms with Crippen LogP contribution in [0.5, 0.6) is 0 Å². The van der Waals surface area contributed by atoms with Crippen LogP contribution in [0.25, 0.3) is 0 Å². The lowest BCUT2D eigenvalue weighted by Crippen LogP contribution is -2.38. The molecule has 1 aromatic carbocycles. The van der Waals surface area contributed by atoms with Gasteiger partial charge in [0.1, 0.15) is 0 Å². The van der Waals surface area contributed by atoms with Crippen molar-refractivity contribution in [2.45, 2.75) is 32.0 Å². The lowest BCUT2D eigenvalue weighted by Gasteiger charge is -2.32. The SMILES string of the molecule is CCC(N)C(c1cccc(Br)c1)N(C)Cc1cnn(C)c1. The largest absolute Gasteiger partial charge is 0.326 e. The maximum atomic E-state index is 6.38. The highest BCUT2D eigenvalue weighted by molar-refractivity contribution is 9.10. The molecule has 2 N–H and O–H groups in total. The number of nitrogens with zero attached hydrogens (tertiary/aromatic N) is 3. The molecule has 0 aliphatic rings. The molecule has 0 fully saturated rings. The lowest BCUT2D eigenvalue weighted by molar-refractivity contribution is 0.201. The molecule has 0 aliphatic carbocycles. The quantitative estimate of drug-likeness (QED) is 0.870. The van der Waals surface area contributed by atoms with E-state index in [4.69, 9.17) is 5.73 Å². The van der Waals surface area contributed by atoms with Gasteiger partial charge in [-0.3, -0.25) is 9.58 Å². The Balaban J connectivity index is 2.23. The number of aryl methyl sites for hydroxylation is 1. The van der Waals surface area contributed by atoms with Crippen LogP contribution in [0.4, 0.5) is 0 Å². The van der Waals surface area contributed by atoms with Gasteiger partial charge in [0, 0.05) is 41.9 Å². The van der Waals surface area contributed by atoms with Gasteiger partial charge in [0.15, 0.2) is 0 Å². The molecular weight excluding hydrogens is 328 g/mol. The van der Waals surface area contributed by atoms with Crippen molar-refractivity contribution < 1.29 is 0 Å². The summed E-state index contributed by atoms with van der Waals surface area (Å²) in [6.45, 7) is 2.96. The van der Waals surface area contributed by atoms with Gasteiger partial charge in [0.05, 0.1) is 6.20 Å². The summed E-state index contributed by atoms with van der Waals surface area (Å²) in [6.07, 6.45) is 4.90. The van der Waals surface area contributed by atoms with Gasteiger partial charge in [0.25, 0.3) is 0 Å². The van der Waals surface area contributed by atoms with Crippen LogP contribution in [0.15, 0.2) is 41.1 Å². The summed E-state index contributed by atoms with van der Waals surface area (Å²) in [6, 6.07) is 8.69. The first-order valence-corrected chi connectivity index (χ1v) is 7.99. The van der Waals surface area contributed by atoms with E-state index >= 15 is 0 Å². The van der Waals surface area contributed by atoms with E-state index in [1.54, 1.807) is 0 Å². The number of aromatic nitrogens is 2. The van der Waals surface area contributed by atoms with Crippen molar-refractivity contribution in [3.8, 4) is 0 Å². The second-order valence-electron chi connectivity index (χ2n) is 5.51. The Labute approximate surface area is 135 Å². The smallest absolute Gasteiger partial charge is 0.0534 e. The molecule has 0 amide bonds. The van der Waals surface area contributed by atoms with E-state index in [1.807, 2.05) is 30.2 Å². The zero-order chi connectivity index (χ0) is 15.4. The summed E-state index contributed by atoms with van der Waals surface area (Å²) in [5.41, 5.74) is 8.82. The normalized spacial score (nSPS) is 14.4. The van der Waals surface area contributed by atoms with Gasteiger partial charge in [-0.15, -0.1) is 0 Å². The Kier molecular flexibility index (Phi) is 5.56. The topological polar surface area (TPSA) is 47.1 Å². The molecule has 2 unspecified atom stereocenters. The molecule has 2 atom stereocenters. The van der Waals surface area contributed by atoms with Gasteiger partial charge in [-0.05, 0) is 31.2 Å². The molecule has 4 nitrogen and oxygen atoms in total. The highest BCUT2D eigenvalue weighted by Gasteiger charge is 2.23. The fraction of sp³-hybridized carbons (Fsp3) is 0.438. The molecule has 21 heavy (non-hydrogen) atoms. The Morgan fingerprint density at radius 3 is 2.76 bits per heavy atom. The fourth-order valence-corrected chi connectivity index (χ4v) is 3.10. The van der Waals surface area contributed by atoms with Gasteiger partial charge >= 0.3 is 0 Å². The summed E-state index contributed by atoms with van der Waals surface area (Å²) in [5, 5.41) is 4.23. The van der Waals surface area contributed by atoms with Crippen LogP contribution in [0.1, 0.15) is 30.5 Å². The van der Waals surface area contributed by atoms with Crippen LogP contribution in [0, 0.1) is 0 Å². The maximum Gasteiger partial charge on any atom is 0.0534 e. The first-order chi connectivity index (χ1) is 10.0. The molecule has 1 heterocycles. The van der Waals surface area contributed by atoms with Crippen LogP contribution >= 0.6 is 15.9 Å². The van der Waals surface area contributed by atoms with Gasteiger partial charge in [-0.25, -0.2) is 0 Å². The Morgan fingerprint density at radius 2 is 2.19 bits per heavy atom. The average molecular weight is 351 g/mol. The van der Waals surface area contributed by atoms with E-state index in [2.05, 4.69) is 58.1 Å². The molecular formula is C16H23BrN4. The minimum absolute atomic E-state index is 0.0981. The number of halogens is 1. The third kappa shape index (κ3) is 4.15. The summed E-state index contributed by atoms with van der Waals surface area (Å²) < 4.78 is 2.92. The van der Waals surface area contributed by atoms with Gasteiger partial charge < -0.3 is 5.73 Å². The number of hydrogen-bond donors (Lipinski definition) is 1. The second-order valence-corrected chi connectivity index (χ2v) is 6.42. The van der Waals surface area contributed by atoms with E-state index < -0.39 is 0 Å². The maximum absolute atomic E-state index is 6.38. The minimum Gasteiger partial charge on any atom is -0.326 e. The number of likely N-dealkylation sites (N-methyl/N-ethyl adjacent to an activating group) is 1. The zero-order valence-corrected chi connectivity index (χ0v) is 14.4. The highest BCUT2D eigenvalue weighted by Crippen LogP contribution is 2.27. The number of nitrogens with two attached hydrogens (primary N) is 1.